The molecule has 0 heterocycles. The van der Waals surface area contributed by atoms with Crippen LogP contribution in [0.3, 0.4) is 0 Å². The van der Waals surface area contributed by atoms with Crippen molar-refractivity contribution in [1.82, 2.24) is 0 Å². The quantitative estimate of drug-likeness (QED) is 0.355. The minimum absolute atomic E-state index is 0. The van der Waals surface area contributed by atoms with Gasteiger partial charge in [-0.15, -0.1) is 23.8 Å². The molecule has 0 saturated heterocycles. The van der Waals surface area contributed by atoms with E-state index in [0.29, 0.717) is 5.41 Å². The van der Waals surface area contributed by atoms with Crippen molar-refractivity contribution in [1.29, 1.82) is 0 Å². The monoisotopic (exact) mass is 512 g/mol. The van der Waals surface area contributed by atoms with E-state index in [2.05, 4.69) is 89.4 Å². The smallest absolute Gasteiger partial charge is 1.00 e. The Morgan fingerprint density at radius 2 is 1.60 bits per heavy atom. The van der Waals surface area contributed by atoms with E-state index in [0.717, 1.165) is 12.0 Å². The van der Waals surface area contributed by atoms with Gasteiger partial charge >= 0.3 is 26.2 Å². The first-order valence-corrected chi connectivity index (χ1v) is 9.48. The van der Waals surface area contributed by atoms with E-state index < -0.39 is 0 Å². The van der Waals surface area contributed by atoms with Crippen molar-refractivity contribution in [2.45, 2.75) is 39.5 Å². The predicted octanol–water partition coefficient (Wildman–Crippen LogP) is 1.36. The van der Waals surface area contributed by atoms with Gasteiger partial charge in [0, 0.05) is 0 Å². The standard InChI is InChI=1S/C17H13.C10H15.2ClH.Zr/c1-3-12-5-7-14-11-15-8-6-13(4-2)10-17(15)16(14)9-12;1-8-5-6-9(7-8)10(2,3)4;;;/h3-7,9-10H,1-2,11H2;5-7H,1-4H3;2*1H;/q2*-1;;;+4/p-2. The first-order valence-electron chi connectivity index (χ1n) is 9.48. The number of halogens is 2. The fourth-order valence-corrected chi connectivity index (χ4v) is 3.39. The van der Waals surface area contributed by atoms with Crippen LogP contribution in [0, 0.1) is 13.0 Å². The van der Waals surface area contributed by atoms with Crippen LogP contribution in [-0.2, 0) is 38.0 Å². The van der Waals surface area contributed by atoms with Crippen LogP contribution in [0.25, 0.3) is 23.3 Å². The normalized spacial score (nSPS) is 10.7. The largest absolute Gasteiger partial charge is 4.00 e. The Morgan fingerprint density at radius 1 is 0.967 bits per heavy atom. The Hall–Kier alpha value is -1.27. The molecule has 1 aliphatic carbocycles. The van der Waals surface area contributed by atoms with Gasteiger partial charge in [0.05, 0.1) is 0 Å². The first kappa shape index (κ1) is 28.7. The Bertz CT molecular complexity index is 935. The summed E-state index contributed by atoms with van der Waals surface area (Å²) in [6.07, 6.45) is 4.74. The van der Waals surface area contributed by atoms with Gasteiger partial charge in [0.2, 0.25) is 0 Å². The summed E-state index contributed by atoms with van der Waals surface area (Å²) in [4.78, 5) is 0. The number of aryl methyl sites for hydroxylation is 1. The van der Waals surface area contributed by atoms with E-state index in [1.54, 1.807) is 0 Å². The van der Waals surface area contributed by atoms with Gasteiger partial charge in [-0.1, -0.05) is 75.1 Å². The van der Waals surface area contributed by atoms with Crippen LogP contribution in [0.15, 0.2) is 61.7 Å². The third-order valence-corrected chi connectivity index (χ3v) is 5.09. The zero-order valence-corrected chi connectivity index (χ0v) is 22.1. The van der Waals surface area contributed by atoms with Crippen molar-refractivity contribution < 1.29 is 51.0 Å². The second kappa shape index (κ2) is 11.9. The summed E-state index contributed by atoms with van der Waals surface area (Å²) >= 11 is 0. The Balaban J connectivity index is 0.000000569. The molecule has 1 aliphatic rings. The van der Waals surface area contributed by atoms with Crippen molar-refractivity contribution in [2.24, 2.45) is 0 Å². The van der Waals surface area contributed by atoms with Crippen molar-refractivity contribution in [3.63, 3.8) is 0 Å². The maximum atomic E-state index is 3.82. The third kappa shape index (κ3) is 6.61. The zero-order chi connectivity index (χ0) is 19.6. The van der Waals surface area contributed by atoms with E-state index in [1.165, 1.54) is 38.9 Å². The van der Waals surface area contributed by atoms with Crippen LogP contribution in [-0.4, -0.2) is 0 Å². The second-order valence-corrected chi connectivity index (χ2v) is 8.25. The number of hydrogen-bond acceptors (Lipinski definition) is 0. The summed E-state index contributed by atoms with van der Waals surface area (Å²) in [6.45, 7) is 16.5. The fraction of sp³-hybridized carbons (Fsp3) is 0.222. The summed E-state index contributed by atoms with van der Waals surface area (Å²) in [5.41, 5.74) is 10.7. The van der Waals surface area contributed by atoms with E-state index in [1.807, 2.05) is 18.2 Å². The van der Waals surface area contributed by atoms with Gasteiger partial charge in [-0.05, 0) is 12.0 Å². The average Bonchev–Trinajstić information content (AvgIpc) is 3.24. The molecule has 0 amide bonds. The first-order chi connectivity index (χ1) is 12.8. The van der Waals surface area contributed by atoms with Gasteiger partial charge in [0.15, 0.2) is 0 Å². The molecule has 0 aromatic heterocycles. The zero-order valence-electron chi connectivity index (χ0n) is 18.2. The molecule has 0 radical (unpaired) electrons. The molecule has 154 valence electrons. The van der Waals surface area contributed by atoms with Gasteiger partial charge in [-0.25, -0.2) is 6.07 Å². The topological polar surface area (TPSA) is 0 Å². The Morgan fingerprint density at radius 3 is 2.10 bits per heavy atom. The summed E-state index contributed by atoms with van der Waals surface area (Å²) in [5.74, 6) is 0. The molecule has 3 aromatic rings. The SMILES string of the molecule is C=Cc1c[c-]c2c(c1)-c1cc(C=C)ccc1C2.Cc1cc(C(C)(C)C)c[cH-]1.[Cl-].[Cl-].[Zr+4]. The van der Waals surface area contributed by atoms with Crippen molar-refractivity contribution in [2.75, 3.05) is 0 Å². The van der Waals surface area contributed by atoms with Crippen molar-refractivity contribution >= 4 is 12.2 Å². The molecule has 0 spiro atoms. The molecule has 0 N–H and O–H groups in total. The molecule has 0 atom stereocenters. The molecule has 0 unspecified atom stereocenters. The molecule has 3 heteroatoms. The minimum Gasteiger partial charge on any atom is -1.00 e. The number of fused-ring (bicyclic) bond motifs is 3. The van der Waals surface area contributed by atoms with Gasteiger partial charge < -0.3 is 24.8 Å². The summed E-state index contributed by atoms with van der Waals surface area (Å²) < 4.78 is 0. The summed E-state index contributed by atoms with van der Waals surface area (Å²) in [6, 6.07) is 20.7. The number of benzene rings is 2. The van der Waals surface area contributed by atoms with Crippen molar-refractivity contribution in [3.05, 3.63) is 101 Å². The molecule has 0 fully saturated rings. The number of hydrogen-bond donors (Lipinski definition) is 0. The van der Waals surface area contributed by atoms with E-state index in [4.69, 9.17) is 0 Å². The second-order valence-electron chi connectivity index (χ2n) is 8.25. The van der Waals surface area contributed by atoms with Crippen molar-refractivity contribution in [3.8, 4) is 11.1 Å². The average molecular weight is 515 g/mol. The fourth-order valence-electron chi connectivity index (χ4n) is 3.39. The molecule has 0 aliphatic heterocycles. The third-order valence-electron chi connectivity index (χ3n) is 5.09. The Kier molecular flexibility index (Phi) is 11.4. The van der Waals surface area contributed by atoms with E-state index in [-0.39, 0.29) is 51.0 Å². The van der Waals surface area contributed by atoms with Gasteiger partial charge in [-0.3, -0.25) is 0 Å². The predicted molar refractivity (Wildman–Crippen MR) is 119 cm³/mol. The number of rotatable bonds is 2. The van der Waals surface area contributed by atoms with Crippen LogP contribution in [0.5, 0.6) is 0 Å². The molecular weight excluding hydrogens is 486 g/mol. The molecule has 30 heavy (non-hydrogen) atoms. The Labute approximate surface area is 213 Å². The van der Waals surface area contributed by atoms with E-state index >= 15 is 0 Å². The maximum absolute atomic E-state index is 3.82. The van der Waals surface area contributed by atoms with Crippen LogP contribution < -0.4 is 24.8 Å². The van der Waals surface area contributed by atoms with Gasteiger partial charge in [0.25, 0.3) is 0 Å². The summed E-state index contributed by atoms with van der Waals surface area (Å²) in [5, 5.41) is 0. The maximum Gasteiger partial charge on any atom is 4.00 e. The van der Waals surface area contributed by atoms with Crippen LogP contribution in [0.4, 0.5) is 0 Å². The van der Waals surface area contributed by atoms with Gasteiger partial charge in [0.1, 0.15) is 0 Å². The van der Waals surface area contributed by atoms with Gasteiger partial charge in [-0.2, -0.15) is 47.0 Å². The van der Waals surface area contributed by atoms with Crippen LogP contribution in [0.1, 0.15) is 54.2 Å². The molecule has 4 rings (SSSR count). The van der Waals surface area contributed by atoms with Crippen LogP contribution in [0.2, 0.25) is 0 Å². The molecule has 3 aromatic carbocycles. The molecule has 0 saturated carbocycles. The van der Waals surface area contributed by atoms with Crippen LogP contribution >= 0.6 is 0 Å². The molecular formula is C27H28Cl2Zr. The molecule has 0 nitrogen and oxygen atoms in total. The van der Waals surface area contributed by atoms with E-state index in [9.17, 15) is 0 Å². The minimum atomic E-state index is 0. The summed E-state index contributed by atoms with van der Waals surface area (Å²) in [7, 11) is 0. The molecule has 0 bridgehead atoms.